The molecule has 2 aliphatic heterocycles. The van der Waals surface area contributed by atoms with E-state index in [1.165, 1.54) is 0 Å². The Morgan fingerprint density at radius 3 is 2.75 bits per heavy atom. The summed E-state index contributed by atoms with van der Waals surface area (Å²) in [4.78, 5) is 26.9. The van der Waals surface area contributed by atoms with Crippen molar-refractivity contribution in [3.8, 4) is 0 Å². The van der Waals surface area contributed by atoms with Gasteiger partial charge in [0.1, 0.15) is 0 Å². The standard InChI is InChI=1S/C19H26N2O3/c1-14-6-4-8-16(19(23)21-11-2-3-12-21)18(14)20-17(22)10-9-15-7-5-13-24-15/h4,6,8,15H,2-3,5,7,9-13H2,1H3,(H,20,22). The maximum absolute atomic E-state index is 12.7. The fourth-order valence-corrected chi connectivity index (χ4v) is 3.47. The van der Waals surface area contributed by atoms with Crippen LogP contribution in [0.5, 0.6) is 0 Å². The molecule has 0 aromatic heterocycles. The van der Waals surface area contributed by atoms with Gasteiger partial charge < -0.3 is 15.0 Å². The highest BCUT2D eigenvalue weighted by Crippen LogP contribution is 2.25. The molecule has 24 heavy (non-hydrogen) atoms. The number of rotatable bonds is 5. The first kappa shape index (κ1) is 17.0. The molecule has 0 radical (unpaired) electrons. The summed E-state index contributed by atoms with van der Waals surface area (Å²) in [6.45, 7) is 4.34. The molecule has 1 N–H and O–H groups in total. The molecule has 0 bridgehead atoms. The molecule has 1 unspecified atom stereocenters. The molecule has 1 aromatic rings. The minimum absolute atomic E-state index is 0.0191. The second-order valence-electron chi connectivity index (χ2n) is 6.72. The number of benzene rings is 1. The minimum Gasteiger partial charge on any atom is -0.378 e. The van der Waals surface area contributed by atoms with Crippen LogP contribution in [-0.2, 0) is 9.53 Å². The van der Waals surface area contributed by atoms with Crippen molar-refractivity contribution in [1.29, 1.82) is 0 Å². The van der Waals surface area contributed by atoms with Crippen molar-refractivity contribution in [2.75, 3.05) is 25.0 Å². The second kappa shape index (κ2) is 7.79. The number of ether oxygens (including phenoxy) is 1. The smallest absolute Gasteiger partial charge is 0.255 e. The van der Waals surface area contributed by atoms with Crippen molar-refractivity contribution in [3.05, 3.63) is 29.3 Å². The van der Waals surface area contributed by atoms with Gasteiger partial charge in [-0.25, -0.2) is 0 Å². The summed E-state index contributed by atoms with van der Waals surface area (Å²) in [7, 11) is 0. The zero-order valence-corrected chi connectivity index (χ0v) is 14.3. The first-order chi connectivity index (χ1) is 11.6. The number of aryl methyl sites for hydroxylation is 1. The number of anilines is 1. The molecule has 2 heterocycles. The first-order valence-electron chi connectivity index (χ1n) is 8.95. The lowest BCUT2D eigenvalue weighted by Crippen LogP contribution is -2.29. The number of amides is 2. The lowest BCUT2D eigenvalue weighted by Gasteiger charge is -2.19. The van der Waals surface area contributed by atoms with Gasteiger partial charge in [0.15, 0.2) is 0 Å². The van der Waals surface area contributed by atoms with E-state index in [9.17, 15) is 9.59 Å². The van der Waals surface area contributed by atoms with E-state index in [2.05, 4.69) is 5.32 Å². The second-order valence-corrected chi connectivity index (χ2v) is 6.72. The molecule has 2 fully saturated rings. The van der Waals surface area contributed by atoms with Crippen molar-refractivity contribution < 1.29 is 14.3 Å². The van der Waals surface area contributed by atoms with Gasteiger partial charge in [-0.15, -0.1) is 0 Å². The third-order valence-corrected chi connectivity index (χ3v) is 4.88. The van der Waals surface area contributed by atoms with Crippen LogP contribution < -0.4 is 5.32 Å². The van der Waals surface area contributed by atoms with E-state index < -0.39 is 0 Å². The zero-order valence-electron chi connectivity index (χ0n) is 14.3. The number of para-hydroxylation sites is 1. The quantitative estimate of drug-likeness (QED) is 0.902. The Hall–Kier alpha value is -1.88. The molecule has 2 aliphatic rings. The third kappa shape index (κ3) is 3.96. The van der Waals surface area contributed by atoms with Crippen molar-refractivity contribution >= 4 is 17.5 Å². The van der Waals surface area contributed by atoms with Gasteiger partial charge in [-0.3, -0.25) is 9.59 Å². The Balaban J connectivity index is 1.67. The summed E-state index contributed by atoms with van der Waals surface area (Å²) in [6.07, 6.45) is 5.61. The van der Waals surface area contributed by atoms with E-state index in [4.69, 9.17) is 4.74 Å². The zero-order chi connectivity index (χ0) is 16.9. The van der Waals surface area contributed by atoms with E-state index >= 15 is 0 Å². The SMILES string of the molecule is Cc1cccc(C(=O)N2CCCC2)c1NC(=O)CCC1CCCO1. The van der Waals surface area contributed by atoms with E-state index in [1.807, 2.05) is 30.0 Å². The number of nitrogens with one attached hydrogen (secondary N) is 1. The van der Waals surface area contributed by atoms with Crippen LogP contribution in [0.3, 0.4) is 0 Å². The van der Waals surface area contributed by atoms with Gasteiger partial charge in [0.05, 0.1) is 17.4 Å². The highest BCUT2D eigenvalue weighted by Gasteiger charge is 2.23. The summed E-state index contributed by atoms with van der Waals surface area (Å²) < 4.78 is 5.57. The molecule has 3 rings (SSSR count). The van der Waals surface area contributed by atoms with Crippen LogP contribution in [0.15, 0.2) is 18.2 Å². The molecule has 0 saturated carbocycles. The average Bonchev–Trinajstić information content (AvgIpc) is 3.28. The highest BCUT2D eigenvalue weighted by molar-refractivity contribution is 6.04. The Kier molecular flexibility index (Phi) is 5.51. The largest absolute Gasteiger partial charge is 0.378 e. The van der Waals surface area contributed by atoms with Gasteiger partial charge in [-0.05, 0) is 50.7 Å². The third-order valence-electron chi connectivity index (χ3n) is 4.88. The lowest BCUT2D eigenvalue weighted by atomic mass is 10.1. The Morgan fingerprint density at radius 1 is 1.25 bits per heavy atom. The average molecular weight is 330 g/mol. The molecular weight excluding hydrogens is 304 g/mol. The predicted molar refractivity (Wildman–Crippen MR) is 93.2 cm³/mol. The number of hydrogen-bond acceptors (Lipinski definition) is 3. The van der Waals surface area contributed by atoms with Crippen LogP contribution in [-0.4, -0.2) is 42.5 Å². The van der Waals surface area contributed by atoms with Crippen molar-refractivity contribution in [1.82, 2.24) is 4.90 Å². The Bertz CT molecular complexity index is 603. The number of hydrogen-bond donors (Lipinski definition) is 1. The topological polar surface area (TPSA) is 58.6 Å². The number of carbonyl (C=O) groups excluding carboxylic acids is 2. The maximum atomic E-state index is 12.7. The summed E-state index contributed by atoms with van der Waals surface area (Å²) in [5, 5.41) is 2.97. The normalized spacial score (nSPS) is 20.4. The van der Waals surface area contributed by atoms with Crippen LogP contribution >= 0.6 is 0 Å². The first-order valence-corrected chi connectivity index (χ1v) is 8.95. The van der Waals surface area contributed by atoms with Crippen LogP contribution in [0.4, 0.5) is 5.69 Å². The molecule has 0 spiro atoms. The summed E-state index contributed by atoms with van der Waals surface area (Å²) in [5.41, 5.74) is 2.18. The fourth-order valence-electron chi connectivity index (χ4n) is 3.47. The summed E-state index contributed by atoms with van der Waals surface area (Å²) >= 11 is 0. The molecule has 5 nitrogen and oxygen atoms in total. The number of carbonyl (C=O) groups is 2. The summed E-state index contributed by atoms with van der Waals surface area (Å²) in [6, 6.07) is 5.61. The van der Waals surface area contributed by atoms with E-state index in [-0.39, 0.29) is 17.9 Å². The van der Waals surface area contributed by atoms with Crippen molar-refractivity contribution in [2.24, 2.45) is 0 Å². The van der Waals surface area contributed by atoms with Gasteiger partial charge in [0.25, 0.3) is 5.91 Å². The minimum atomic E-state index is -0.0460. The van der Waals surface area contributed by atoms with E-state index in [0.29, 0.717) is 17.7 Å². The molecule has 2 saturated heterocycles. The van der Waals surface area contributed by atoms with Gasteiger partial charge in [0, 0.05) is 26.1 Å². The Labute approximate surface area is 143 Å². The molecule has 130 valence electrons. The van der Waals surface area contributed by atoms with Crippen LogP contribution in [0.2, 0.25) is 0 Å². The molecule has 5 heteroatoms. The van der Waals surface area contributed by atoms with Crippen molar-refractivity contribution in [3.63, 3.8) is 0 Å². The van der Waals surface area contributed by atoms with Crippen molar-refractivity contribution in [2.45, 2.75) is 51.6 Å². The number of nitrogens with zero attached hydrogens (tertiary/aromatic N) is 1. The van der Waals surface area contributed by atoms with E-state index in [1.54, 1.807) is 0 Å². The highest BCUT2D eigenvalue weighted by atomic mass is 16.5. The number of likely N-dealkylation sites (tertiary alicyclic amines) is 1. The lowest BCUT2D eigenvalue weighted by molar-refractivity contribution is -0.116. The Morgan fingerprint density at radius 2 is 2.04 bits per heavy atom. The molecule has 1 atom stereocenters. The van der Waals surface area contributed by atoms with E-state index in [0.717, 1.165) is 57.4 Å². The van der Waals surface area contributed by atoms with Gasteiger partial charge >= 0.3 is 0 Å². The van der Waals surface area contributed by atoms with Gasteiger partial charge in [-0.1, -0.05) is 12.1 Å². The van der Waals surface area contributed by atoms with Gasteiger partial charge in [-0.2, -0.15) is 0 Å². The predicted octanol–water partition coefficient (Wildman–Crippen LogP) is 3.13. The van der Waals surface area contributed by atoms with Crippen LogP contribution in [0.1, 0.15) is 54.4 Å². The molecule has 2 amide bonds. The molecule has 0 aliphatic carbocycles. The molecular formula is C19H26N2O3. The fraction of sp³-hybridized carbons (Fsp3) is 0.579. The van der Waals surface area contributed by atoms with Crippen LogP contribution in [0, 0.1) is 6.92 Å². The van der Waals surface area contributed by atoms with Crippen LogP contribution in [0.25, 0.3) is 0 Å². The molecule has 1 aromatic carbocycles. The summed E-state index contributed by atoms with van der Waals surface area (Å²) in [5.74, 6) is -0.0269. The monoisotopic (exact) mass is 330 g/mol. The van der Waals surface area contributed by atoms with Gasteiger partial charge in [0.2, 0.25) is 5.91 Å². The maximum Gasteiger partial charge on any atom is 0.255 e.